The largest absolute Gasteiger partial charge is 0.349 e. The van der Waals surface area contributed by atoms with Gasteiger partial charge in [0.05, 0.1) is 12.6 Å². The van der Waals surface area contributed by atoms with Gasteiger partial charge in [0.15, 0.2) is 0 Å². The van der Waals surface area contributed by atoms with Crippen molar-refractivity contribution in [1.29, 1.82) is 0 Å². The van der Waals surface area contributed by atoms with Crippen LogP contribution in [0.1, 0.15) is 61.3 Å². The van der Waals surface area contributed by atoms with E-state index < -0.39 is 0 Å². The number of hydrogen-bond acceptors (Lipinski definition) is 6. The van der Waals surface area contributed by atoms with Crippen molar-refractivity contribution < 1.29 is 9.59 Å². The van der Waals surface area contributed by atoms with Crippen LogP contribution in [0.5, 0.6) is 0 Å². The minimum atomic E-state index is -0.0317. The van der Waals surface area contributed by atoms with Gasteiger partial charge in [-0.05, 0) is 44.4 Å². The molecular weight excluding hydrogens is 452 g/mol. The van der Waals surface area contributed by atoms with Gasteiger partial charge < -0.3 is 19.6 Å². The van der Waals surface area contributed by atoms with Crippen molar-refractivity contribution in [2.45, 2.75) is 52.2 Å². The average Bonchev–Trinajstić information content (AvgIpc) is 3.44. The van der Waals surface area contributed by atoms with E-state index in [0.717, 1.165) is 35.8 Å². The van der Waals surface area contributed by atoms with Crippen molar-refractivity contribution in [3.8, 4) is 0 Å². The highest BCUT2D eigenvalue weighted by Gasteiger charge is 2.39. The Labute approximate surface area is 205 Å². The summed E-state index contributed by atoms with van der Waals surface area (Å²) in [5, 5.41) is 0.724. The van der Waals surface area contributed by atoms with Gasteiger partial charge >= 0.3 is 0 Å². The van der Waals surface area contributed by atoms with Crippen molar-refractivity contribution in [2.24, 2.45) is 0 Å². The molecule has 2 amide bonds. The molecule has 0 bridgehead atoms. The quantitative estimate of drug-likeness (QED) is 0.664. The molecule has 1 unspecified atom stereocenters. The van der Waals surface area contributed by atoms with E-state index in [2.05, 4.69) is 15.9 Å². The Hall–Kier alpha value is -2.87. The standard InChI is InChI=1S/C25H31ClN6O2/c1-16(2)32-15-20-22(24(32)34)27-25(30-12-10-29(11-13-30)17(3)33)28-23(20)31-9-5-8-21(31)18-6-4-7-19(26)14-18/h4,6-7,14,16,21H,5,8-13,15H2,1-3H3. The molecule has 2 aromatic rings. The summed E-state index contributed by atoms with van der Waals surface area (Å²) in [5.41, 5.74) is 2.59. The summed E-state index contributed by atoms with van der Waals surface area (Å²) in [4.78, 5) is 43.1. The zero-order valence-corrected chi connectivity index (χ0v) is 20.8. The van der Waals surface area contributed by atoms with Crippen molar-refractivity contribution >= 4 is 35.2 Å². The van der Waals surface area contributed by atoms with Gasteiger partial charge in [0.1, 0.15) is 11.5 Å². The first-order valence-electron chi connectivity index (χ1n) is 12.1. The van der Waals surface area contributed by atoms with Crippen LogP contribution in [-0.4, -0.2) is 70.3 Å². The van der Waals surface area contributed by atoms with Crippen molar-refractivity contribution in [3.05, 3.63) is 46.1 Å². The highest BCUT2D eigenvalue weighted by Crippen LogP contribution is 2.41. The van der Waals surface area contributed by atoms with Crippen LogP contribution in [0.2, 0.25) is 5.02 Å². The van der Waals surface area contributed by atoms with Crippen LogP contribution in [-0.2, 0) is 11.3 Å². The Bertz CT molecular complexity index is 1110. The molecule has 0 spiro atoms. The molecule has 2 fully saturated rings. The van der Waals surface area contributed by atoms with Crippen molar-refractivity contribution in [2.75, 3.05) is 42.5 Å². The molecule has 34 heavy (non-hydrogen) atoms. The van der Waals surface area contributed by atoms with Crippen LogP contribution in [0.3, 0.4) is 0 Å². The van der Waals surface area contributed by atoms with Crippen LogP contribution >= 0.6 is 11.6 Å². The lowest BCUT2D eigenvalue weighted by Crippen LogP contribution is -2.48. The minimum Gasteiger partial charge on any atom is -0.349 e. The molecule has 180 valence electrons. The average molecular weight is 483 g/mol. The van der Waals surface area contributed by atoms with Crippen molar-refractivity contribution in [3.63, 3.8) is 0 Å². The summed E-state index contributed by atoms with van der Waals surface area (Å²) in [6.45, 7) is 9.62. The number of benzene rings is 1. The third-order valence-corrected chi connectivity index (χ3v) is 7.39. The second-order valence-electron chi connectivity index (χ2n) is 9.60. The Balaban J connectivity index is 1.54. The lowest BCUT2D eigenvalue weighted by atomic mass is 10.0. The second-order valence-corrected chi connectivity index (χ2v) is 10.0. The summed E-state index contributed by atoms with van der Waals surface area (Å²) in [6.07, 6.45) is 2.05. The van der Waals surface area contributed by atoms with Crippen molar-refractivity contribution in [1.82, 2.24) is 19.8 Å². The monoisotopic (exact) mass is 482 g/mol. The number of carbonyl (C=O) groups is 2. The van der Waals surface area contributed by atoms with Gasteiger partial charge in [0.2, 0.25) is 11.9 Å². The predicted octanol–water partition coefficient (Wildman–Crippen LogP) is 3.50. The fourth-order valence-corrected chi connectivity index (χ4v) is 5.46. The van der Waals surface area contributed by atoms with E-state index in [0.29, 0.717) is 44.4 Å². The molecule has 1 atom stereocenters. The maximum atomic E-state index is 13.3. The Morgan fingerprint density at radius 1 is 1.12 bits per heavy atom. The maximum Gasteiger partial charge on any atom is 0.273 e. The van der Waals surface area contributed by atoms with E-state index in [-0.39, 0.29) is 23.9 Å². The third-order valence-electron chi connectivity index (χ3n) is 7.15. The highest BCUT2D eigenvalue weighted by molar-refractivity contribution is 6.30. The molecule has 1 aromatic heterocycles. The summed E-state index contributed by atoms with van der Waals surface area (Å²) < 4.78 is 0. The van der Waals surface area contributed by atoms with Crippen LogP contribution in [0, 0.1) is 0 Å². The van der Waals surface area contributed by atoms with E-state index in [4.69, 9.17) is 21.6 Å². The second kappa shape index (κ2) is 9.06. The van der Waals surface area contributed by atoms with Crippen LogP contribution in [0.15, 0.2) is 24.3 Å². The predicted molar refractivity (Wildman–Crippen MR) is 132 cm³/mol. The van der Waals surface area contributed by atoms with Gasteiger partial charge in [0.25, 0.3) is 5.91 Å². The smallest absolute Gasteiger partial charge is 0.273 e. The molecule has 1 aromatic carbocycles. The van der Waals surface area contributed by atoms with Gasteiger partial charge in [-0.1, -0.05) is 23.7 Å². The zero-order valence-electron chi connectivity index (χ0n) is 20.0. The summed E-state index contributed by atoms with van der Waals surface area (Å²) in [6, 6.07) is 8.26. The molecule has 4 heterocycles. The van der Waals surface area contributed by atoms with Gasteiger partial charge in [-0.25, -0.2) is 4.98 Å². The normalized spacial score (nSPS) is 20.5. The third kappa shape index (κ3) is 4.08. The molecular formula is C25H31ClN6O2. The number of hydrogen-bond donors (Lipinski definition) is 0. The molecule has 3 aliphatic heterocycles. The molecule has 0 radical (unpaired) electrons. The molecule has 8 nitrogen and oxygen atoms in total. The maximum absolute atomic E-state index is 13.3. The first-order chi connectivity index (χ1) is 16.3. The number of anilines is 2. The van der Waals surface area contributed by atoms with E-state index >= 15 is 0 Å². The van der Waals surface area contributed by atoms with E-state index in [1.54, 1.807) is 6.92 Å². The molecule has 9 heteroatoms. The highest BCUT2D eigenvalue weighted by atomic mass is 35.5. The van der Waals surface area contributed by atoms with Crippen LogP contribution < -0.4 is 9.80 Å². The number of carbonyl (C=O) groups excluding carboxylic acids is 2. The minimum absolute atomic E-state index is 0.0317. The number of amides is 2. The van der Waals surface area contributed by atoms with Crippen LogP contribution in [0.4, 0.5) is 11.8 Å². The number of nitrogens with zero attached hydrogens (tertiary/aromatic N) is 6. The molecule has 3 aliphatic rings. The Morgan fingerprint density at radius 2 is 1.88 bits per heavy atom. The van der Waals surface area contributed by atoms with Gasteiger partial charge in [-0.15, -0.1) is 0 Å². The van der Waals surface area contributed by atoms with Gasteiger partial charge in [0, 0.05) is 56.3 Å². The SMILES string of the molecule is CC(=O)N1CCN(c2nc3c(c(N4CCCC4c4cccc(Cl)c4)n2)CN(C(C)C)C3=O)CC1. The summed E-state index contributed by atoms with van der Waals surface area (Å²) in [5.74, 6) is 1.48. The first kappa shape index (κ1) is 22.9. The lowest BCUT2D eigenvalue weighted by Gasteiger charge is -2.35. The topological polar surface area (TPSA) is 72.9 Å². The number of fused-ring (bicyclic) bond motifs is 1. The molecule has 0 N–H and O–H groups in total. The Kier molecular flexibility index (Phi) is 6.10. The molecule has 0 aliphatic carbocycles. The Morgan fingerprint density at radius 3 is 2.56 bits per heavy atom. The van der Waals surface area contributed by atoms with E-state index in [1.807, 2.05) is 41.8 Å². The fraction of sp³-hybridized carbons (Fsp3) is 0.520. The number of halogens is 1. The first-order valence-corrected chi connectivity index (χ1v) is 12.5. The van der Waals surface area contributed by atoms with E-state index in [1.165, 1.54) is 5.56 Å². The number of rotatable bonds is 4. The zero-order chi connectivity index (χ0) is 24.0. The lowest BCUT2D eigenvalue weighted by molar-refractivity contribution is -0.129. The molecule has 0 saturated carbocycles. The van der Waals surface area contributed by atoms with Gasteiger partial charge in [-0.2, -0.15) is 4.98 Å². The fourth-order valence-electron chi connectivity index (χ4n) is 5.26. The van der Waals surface area contributed by atoms with Crippen LogP contribution in [0.25, 0.3) is 0 Å². The summed E-state index contributed by atoms with van der Waals surface area (Å²) in [7, 11) is 0. The van der Waals surface area contributed by atoms with E-state index in [9.17, 15) is 9.59 Å². The number of piperazine rings is 1. The van der Waals surface area contributed by atoms with Gasteiger partial charge in [-0.3, -0.25) is 9.59 Å². The number of aromatic nitrogens is 2. The molecule has 2 saturated heterocycles. The molecule has 5 rings (SSSR count). The summed E-state index contributed by atoms with van der Waals surface area (Å²) >= 11 is 6.31.